The SMILES string of the molecule is CC(C)(C)c1cc(NO)c(O)c([N+](=O)[O-])c1. The van der Waals surface area contributed by atoms with Gasteiger partial charge in [-0.05, 0) is 17.0 Å². The molecule has 1 aromatic rings. The number of nitrogens with one attached hydrogen (secondary N) is 1. The highest BCUT2D eigenvalue weighted by Crippen LogP contribution is 2.38. The Morgan fingerprint density at radius 2 is 1.94 bits per heavy atom. The first kappa shape index (κ1) is 12.3. The van der Waals surface area contributed by atoms with E-state index in [1.165, 1.54) is 12.1 Å². The van der Waals surface area contributed by atoms with Crippen LogP contribution in [-0.4, -0.2) is 15.2 Å². The highest BCUT2D eigenvalue weighted by molar-refractivity contribution is 5.66. The van der Waals surface area contributed by atoms with Crippen molar-refractivity contribution < 1.29 is 15.2 Å². The first-order valence-corrected chi connectivity index (χ1v) is 4.69. The summed E-state index contributed by atoms with van der Waals surface area (Å²) < 4.78 is 0. The Hall–Kier alpha value is -1.82. The number of hydrogen-bond acceptors (Lipinski definition) is 5. The highest BCUT2D eigenvalue weighted by Gasteiger charge is 2.24. The van der Waals surface area contributed by atoms with Gasteiger partial charge in [0.2, 0.25) is 5.75 Å². The van der Waals surface area contributed by atoms with Gasteiger partial charge in [0.15, 0.2) is 0 Å². The van der Waals surface area contributed by atoms with Gasteiger partial charge >= 0.3 is 5.69 Å². The number of aromatic hydroxyl groups is 1. The minimum atomic E-state index is -0.689. The largest absolute Gasteiger partial charge is 0.501 e. The van der Waals surface area contributed by atoms with Crippen molar-refractivity contribution in [3.05, 3.63) is 27.8 Å². The Morgan fingerprint density at radius 3 is 2.31 bits per heavy atom. The molecule has 0 atom stereocenters. The third kappa shape index (κ3) is 2.22. The van der Waals surface area contributed by atoms with E-state index in [2.05, 4.69) is 0 Å². The minimum absolute atomic E-state index is 0.0703. The molecule has 0 radical (unpaired) electrons. The van der Waals surface area contributed by atoms with Crippen LogP contribution in [0.1, 0.15) is 26.3 Å². The number of nitrogens with zero attached hydrogens (tertiary/aromatic N) is 1. The van der Waals surface area contributed by atoms with Crippen molar-refractivity contribution in [1.29, 1.82) is 0 Å². The lowest BCUT2D eigenvalue weighted by Gasteiger charge is -2.19. The van der Waals surface area contributed by atoms with Crippen LogP contribution in [0, 0.1) is 10.1 Å². The lowest BCUT2D eigenvalue weighted by molar-refractivity contribution is -0.385. The predicted octanol–water partition coefficient (Wildman–Crippen LogP) is 2.40. The van der Waals surface area contributed by atoms with E-state index in [1.807, 2.05) is 20.8 Å². The fraction of sp³-hybridized carbons (Fsp3) is 0.400. The molecule has 0 saturated carbocycles. The summed E-state index contributed by atoms with van der Waals surface area (Å²) in [5.41, 5.74) is 1.58. The molecule has 6 nitrogen and oxygen atoms in total. The fourth-order valence-electron chi connectivity index (χ4n) is 1.28. The smallest absolute Gasteiger partial charge is 0.313 e. The van der Waals surface area contributed by atoms with E-state index in [9.17, 15) is 15.2 Å². The number of benzene rings is 1. The van der Waals surface area contributed by atoms with Crippen molar-refractivity contribution in [1.82, 2.24) is 0 Å². The average molecular weight is 226 g/mol. The molecule has 6 heteroatoms. The van der Waals surface area contributed by atoms with Gasteiger partial charge in [-0.2, -0.15) is 0 Å². The molecule has 0 amide bonds. The van der Waals surface area contributed by atoms with E-state index in [0.29, 0.717) is 5.56 Å². The second-order valence-corrected chi connectivity index (χ2v) is 4.51. The summed E-state index contributed by atoms with van der Waals surface area (Å²) in [6.07, 6.45) is 0. The van der Waals surface area contributed by atoms with Crippen LogP contribution in [-0.2, 0) is 5.41 Å². The Balaban J connectivity index is 3.46. The first-order chi connectivity index (χ1) is 7.27. The number of nitro benzene ring substituents is 1. The zero-order valence-electron chi connectivity index (χ0n) is 9.31. The molecule has 0 heterocycles. The van der Waals surface area contributed by atoms with Crippen LogP contribution in [0.5, 0.6) is 5.75 Å². The molecule has 0 unspecified atom stereocenters. The van der Waals surface area contributed by atoms with Crippen molar-refractivity contribution in [2.45, 2.75) is 26.2 Å². The maximum absolute atomic E-state index is 10.7. The molecule has 0 fully saturated rings. The van der Waals surface area contributed by atoms with Crippen molar-refractivity contribution in [3.63, 3.8) is 0 Å². The van der Waals surface area contributed by atoms with Gasteiger partial charge in [0.05, 0.1) is 4.92 Å². The average Bonchev–Trinajstić information content (AvgIpc) is 2.15. The second-order valence-electron chi connectivity index (χ2n) is 4.51. The van der Waals surface area contributed by atoms with E-state index in [1.54, 1.807) is 5.48 Å². The molecule has 3 N–H and O–H groups in total. The maximum atomic E-state index is 10.7. The first-order valence-electron chi connectivity index (χ1n) is 4.69. The molecule has 0 aliphatic carbocycles. The lowest BCUT2D eigenvalue weighted by atomic mass is 9.86. The molecular weight excluding hydrogens is 212 g/mol. The summed E-state index contributed by atoms with van der Waals surface area (Å²) in [6.45, 7) is 5.64. The molecule has 0 spiro atoms. The Bertz CT molecular complexity index is 424. The summed E-state index contributed by atoms with van der Waals surface area (Å²) >= 11 is 0. The number of anilines is 1. The monoisotopic (exact) mass is 226 g/mol. The van der Waals surface area contributed by atoms with E-state index >= 15 is 0 Å². The van der Waals surface area contributed by atoms with E-state index in [0.717, 1.165) is 0 Å². The van der Waals surface area contributed by atoms with Gasteiger partial charge < -0.3 is 5.11 Å². The van der Waals surface area contributed by atoms with Crippen molar-refractivity contribution >= 4 is 11.4 Å². The molecular formula is C10H14N2O4. The predicted molar refractivity (Wildman–Crippen MR) is 58.9 cm³/mol. The van der Waals surface area contributed by atoms with Crippen LogP contribution >= 0.6 is 0 Å². The van der Waals surface area contributed by atoms with Crippen LogP contribution in [0.2, 0.25) is 0 Å². The van der Waals surface area contributed by atoms with Gasteiger partial charge in [0, 0.05) is 6.07 Å². The molecule has 88 valence electrons. The summed E-state index contributed by atoms with van der Waals surface area (Å²) in [4.78, 5) is 10.0. The van der Waals surface area contributed by atoms with Gasteiger partial charge in [-0.15, -0.1) is 0 Å². The molecule has 0 aliphatic rings. The van der Waals surface area contributed by atoms with Crippen LogP contribution < -0.4 is 5.48 Å². The fourth-order valence-corrected chi connectivity index (χ4v) is 1.28. The van der Waals surface area contributed by atoms with Gasteiger partial charge in [0.25, 0.3) is 0 Å². The topological polar surface area (TPSA) is 95.6 Å². The van der Waals surface area contributed by atoms with Gasteiger partial charge in [-0.25, -0.2) is 0 Å². The van der Waals surface area contributed by atoms with E-state index in [-0.39, 0.29) is 11.1 Å². The number of phenols is 1. The summed E-state index contributed by atoms with van der Waals surface area (Å²) in [6, 6.07) is 2.78. The van der Waals surface area contributed by atoms with Gasteiger partial charge in [0.1, 0.15) is 5.69 Å². The Labute approximate surface area is 92.6 Å². The molecule has 0 bridgehead atoms. The zero-order chi connectivity index (χ0) is 12.5. The van der Waals surface area contributed by atoms with Crippen LogP contribution in [0.25, 0.3) is 0 Å². The molecule has 0 saturated heterocycles. The summed E-state index contributed by atoms with van der Waals surface area (Å²) in [7, 11) is 0. The molecule has 1 aromatic carbocycles. The third-order valence-corrected chi connectivity index (χ3v) is 2.27. The quantitative estimate of drug-likeness (QED) is 0.409. The number of nitro groups is 1. The molecule has 1 rings (SSSR count). The summed E-state index contributed by atoms with van der Waals surface area (Å²) in [5, 5.41) is 29.0. The molecule has 16 heavy (non-hydrogen) atoms. The van der Waals surface area contributed by atoms with Crippen molar-refractivity contribution in [2.75, 3.05) is 5.48 Å². The van der Waals surface area contributed by atoms with E-state index < -0.39 is 16.4 Å². The zero-order valence-corrected chi connectivity index (χ0v) is 9.31. The second kappa shape index (κ2) is 3.97. The van der Waals surface area contributed by atoms with Crippen LogP contribution in [0.15, 0.2) is 12.1 Å². The van der Waals surface area contributed by atoms with Crippen LogP contribution in [0.3, 0.4) is 0 Å². The third-order valence-electron chi connectivity index (χ3n) is 2.27. The Morgan fingerprint density at radius 1 is 1.38 bits per heavy atom. The number of rotatable bonds is 2. The number of phenolic OH excluding ortho intramolecular Hbond substituents is 1. The van der Waals surface area contributed by atoms with Gasteiger partial charge in [-0.1, -0.05) is 20.8 Å². The highest BCUT2D eigenvalue weighted by atomic mass is 16.6. The molecule has 0 aromatic heterocycles. The maximum Gasteiger partial charge on any atom is 0.313 e. The molecule has 0 aliphatic heterocycles. The Kier molecular flexibility index (Phi) is 3.04. The van der Waals surface area contributed by atoms with Crippen LogP contribution in [0.4, 0.5) is 11.4 Å². The minimum Gasteiger partial charge on any atom is -0.501 e. The van der Waals surface area contributed by atoms with Gasteiger partial charge in [-0.3, -0.25) is 20.8 Å². The standard InChI is InChI=1S/C10H14N2O4/c1-10(2,3)6-4-7(11-14)9(13)8(5-6)12(15)16/h4-5,11,13-14H,1-3H3. The van der Waals surface area contributed by atoms with Crippen molar-refractivity contribution in [2.24, 2.45) is 0 Å². The van der Waals surface area contributed by atoms with Crippen molar-refractivity contribution in [3.8, 4) is 5.75 Å². The lowest BCUT2D eigenvalue weighted by Crippen LogP contribution is -2.12. The van der Waals surface area contributed by atoms with E-state index in [4.69, 9.17) is 5.21 Å². The normalized spacial score (nSPS) is 11.2. The summed E-state index contributed by atoms with van der Waals surface area (Å²) in [5.74, 6) is -0.569. The number of hydrogen-bond donors (Lipinski definition) is 3.